The van der Waals surface area contributed by atoms with Gasteiger partial charge in [-0.1, -0.05) is 6.07 Å². The second-order valence-electron chi connectivity index (χ2n) is 3.72. The number of hydrogen-bond donors (Lipinski definition) is 1. The first-order valence-electron chi connectivity index (χ1n) is 5.08. The molecule has 0 unspecified atom stereocenters. The summed E-state index contributed by atoms with van der Waals surface area (Å²) in [5, 5.41) is 9.00. The Kier molecular flexibility index (Phi) is 4.01. The fraction of sp³-hybridized carbons (Fsp3) is 0. The minimum absolute atomic E-state index is 0.0590. The van der Waals surface area contributed by atoms with Crippen LogP contribution in [0.15, 0.2) is 39.3 Å². The van der Waals surface area contributed by atoms with Gasteiger partial charge in [0.1, 0.15) is 11.6 Å². The molecule has 0 amide bonds. The van der Waals surface area contributed by atoms with Crippen molar-refractivity contribution in [3.63, 3.8) is 0 Å². The molecular formula is C13H6Br2F2O2. The molecule has 0 radical (unpaired) electrons. The summed E-state index contributed by atoms with van der Waals surface area (Å²) < 4.78 is 28.1. The van der Waals surface area contributed by atoms with Crippen LogP contribution in [0.25, 0.3) is 11.1 Å². The largest absolute Gasteiger partial charge is 0.478 e. The highest BCUT2D eigenvalue weighted by Crippen LogP contribution is 2.32. The SMILES string of the molecule is O=C(O)c1cc(-c2c(F)ccc(Br)c2F)ccc1Br. The quantitative estimate of drug-likeness (QED) is 0.742. The monoisotopic (exact) mass is 390 g/mol. The van der Waals surface area contributed by atoms with E-state index in [9.17, 15) is 13.6 Å². The van der Waals surface area contributed by atoms with E-state index in [0.717, 1.165) is 6.07 Å². The highest BCUT2D eigenvalue weighted by molar-refractivity contribution is 9.10. The average molecular weight is 392 g/mol. The van der Waals surface area contributed by atoms with Crippen molar-refractivity contribution in [1.82, 2.24) is 0 Å². The molecular weight excluding hydrogens is 386 g/mol. The zero-order valence-corrected chi connectivity index (χ0v) is 12.4. The lowest BCUT2D eigenvalue weighted by atomic mass is 10.0. The summed E-state index contributed by atoms with van der Waals surface area (Å²) in [4.78, 5) is 11.0. The fourth-order valence-electron chi connectivity index (χ4n) is 1.64. The molecule has 0 spiro atoms. The van der Waals surface area contributed by atoms with E-state index in [1.165, 1.54) is 24.3 Å². The smallest absolute Gasteiger partial charge is 0.336 e. The minimum Gasteiger partial charge on any atom is -0.478 e. The van der Waals surface area contributed by atoms with Gasteiger partial charge in [0.2, 0.25) is 0 Å². The number of carboxylic acids is 1. The standard InChI is InChI=1S/C13H6Br2F2O2/c14-8-2-1-6(5-7(8)13(18)19)11-10(16)4-3-9(15)12(11)17/h1-5H,(H,18,19). The maximum absolute atomic E-state index is 13.9. The number of halogens is 4. The lowest BCUT2D eigenvalue weighted by Crippen LogP contribution is -1.99. The van der Waals surface area contributed by atoms with Crippen LogP contribution in [0.5, 0.6) is 0 Å². The van der Waals surface area contributed by atoms with Crippen molar-refractivity contribution in [2.45, 2.75) is 0 Å². The van der Waals surface area contributed by atoms with Gasteiger partial charge in [0.25, 0.3) is 0 Å². The average Bonchev–Trinajstić information content (AvgIpc) is 2.36. The molecule has 0 bridgehead atoms. The van der Waals surface area contributed by atoms with E-state index < -0.39 is 17.6 Å². The molecule has 2 nitrogen and oxygen atoms in total. The number of hydrogen-bond acceptors (Lipinski definition) is 1. The first-order chi connectivity index (χ1) is 8.91. The van der Waals surface area contributed by atoms with Gasteiger partial charge < -0.3 is 5.11 Å². The minimum atomic E-state index is -1.18. The van der Waals surface area contributed by atoms with Crippen molar-refractivity contribution in [1.29, 1.82) is 0 Å². The highest BCUT2D eigenvalue weighted by atomic mass is 79.9. The summed E-state index contributed by atoms with van der Waals surface area (Å²) in [5.41, 5.74) is -0.155. The van der Waals surface area contributed by atoms with Crippen LogP contribution in [-0.2, 0) is 0 Å². The van der Waals surface area contributed by atoms with Gasteiger partial charge in [0, 0.05) is 4.47 Å². The summed E-state index contributed by atoms with van der Waals surface area (Å²) in [6.07, 6.45) is 0. The van der Waals surface area contributed by atoms with Crippen LogP contribution in [0.3, 0.4) is 0 Å². The van der Waals surface area contributed by atoms with Gasteiger partial charge in [-0.2, -0.15) is 0 Å². The molecule has 1 N–H and O–H groups in total. The van der Waals surface area contributed by atoms with Crippen LogP contribution >= 0.6 is 31.9 Å². The van der Waals surface area contributed by atoms with Crippen molar-refractivity contribution in [3.05, 3.63) is 56.5 Å². The van der Waals surface area contributed by atoms with Gasteiger partial charge in [-0.25, -0.2) is 13.6 Å². The Labute approximate surface area is 124 Å². The number of benzene rings is 2. The van der Waals surface area contributed by atoms with Crippen molar-refractivity contribution in [3.8, 4) is 11.1 Å². The summed E-state index contributed by atoms with van der Waals surface area (Å²) in [6, 6.07) is 6.49. The number of rotatable bonds is 2. The van der Waals surface area contributed by atoms with Crippen molar-refractivity contribution in [2.75, 3.05) is 0 Å². The topological polar surface area (TPSA) is 37.3 Å². The third-order valence-corrected chi connectivity index (χ3v) is 3.83. The third-order valence-electron chi connectivity index (χ3n) is 2.53. The molecule has 98 valence electrons. The second kappa shape index (κ2) is 5.38. The van der Waals surface area contributed by atoms with E-state index >= 15 is 0 Å². The molecule has 0 saturated carbocycles. The molecule has 19 heavy (non-hydrogen) atoms. The van der Waals surface area contributed by atoms with E-state index in [1.807, 2.05) is 0 Å². The Morgan fingerprint density at radius 2 is 1.68 bits per heavy atom. The Bertz CT molecular complexity index is 672. The van der Waals surface area contributed by atoms with Crippen LogP contribution in [-0.4, -0.2) is 11.1 Å². The van der Waals surface area contributed by atoms with Crippen LogP contribution in [0.4, 0.5) is 8.78 Å². The summed E-state index contributed by atoms with van der Waals surface area (Å²) in [7, 11) is 0. The molecule has 0 heterocycles. The van der Waals surface area contributed by atoms with E-state index in [1.54, 1.807) is 0 Å². The van der Waals surface area contributed by atoms with Gasteiger partial charge in [0.05, 0.1) is 15.6 Å². The van der Waals surface area contributed by atoms with Gasteiger partial charge in [-0.15, -0.1) is 0 Å². The van der Waals surface area contributed by atoms with Crippen molar-refractivity contribution >= 4 is 37.8 Å². The molecule has 2 aromatic rings. The Balaban J connectivity index is 2.70. The Hall–Kier alpha value is -1.27. The normalized spacial score (nSPS) is 10.5. The molecule has 0 aliphatic rings. The predicted octanol–water partition coefficient (Wildman–Crippen LogP) is 4.86. The number of carboxylic acid groups (broad SMARTS) is 1. The van der Waals surface area contributed by atoms with Crippen LogP contribution in [0.2, 0.25) is 0 Å². The summed E-state index contributed by atoms with van der Waals surface area (Å²) in [5.74, 6) is -2.69. The Morgan fingerprint density at radius 3 is 2.32 bits per heavy atom. The molecule has 0 fully saturated rings. The molecule has 2 rings (SSSR count). The van der Waals surface area contributed by atoms with Crippen LogP contribution in [0.1, 0.15) is 10.4 Å². The van der Waals surface area contributed by atoms with E-state index in [4.69, 9.17) is 5.11 Å². The lowest BCUT2D eigenvalue weighted by Gasteiger charge is -2.08. The second-order valence-corrected chi connectivity index (χ2v) is 5.43. The predicted molar refractivity (Wildman–Crippen MR) is 74.2 cm³/mol. The summed E-state index contributed by atoms with van der Waals surface area (Å²) in [6.45, 7) is 0. The van der Waals surface area contributed by atoms with Crippen molar-refractivity contribution < 1.29 is 18.7 Å². The van der Waals surface area contributed by atoms with Crippen LogP contribution < -0.4 is 0 Å². The number of carbonyl (C=O) groups is 1. The first-order valence-corrected chi connectivity index (χ1v) is 6.67. The van der Waals surface area contributed by atoms with E-state index in [2.05, 4.69) is 31.9 Å². The molecule has 0 saturated heterocycles. The molecule has 0 aliphatic heterocycles. The van der Waals surface area contributed by atoms with Gasteiger partial charge in [-0.05, 0) is 61.7 Å². The third kappa shape index (κ3) is 2.69. The molecule has 0 aliphatic carbocycles. The molecule has 0 atom stereocenters. The highest BCUT2D eigenvalue weighted by Gasteiger charge is 2.17. The molecule has 2 aromatic carbocycles. The van der Waals surface area contributed by atoms with Gasteiger partial charge in [-0.3, -0.25) is 0 Å². The lowest BCUT2D eigenvalue weighted by molar-refractivity contribution is 0.0696. The molecule has 0 aromatic heterocycles. The van der Waals surface area contributed by atoms with Crippen molar-refractivity contribution in [2.24, 2.45) is 0 Å². The van der Waals surface area contributed by atoms with E-state index in [-0.39, 0.29) is 21.2 Å². The maximum atomic E-state index is 13.9. The summed E-state index contributed by atoms with van der Waals surface area (Å²) >= 11 is 6.05. The zero-order chi connectivity index (χ0) is 14.2. The fourth-order valence-corrected chi connectivity index (χ4v) is 2.38. The first kappa shape index (κ1) is 14.1. The van der Waals surface area contributed by atoms with E-state index in [0.29, 0.717) is 4.47 Å². The molecule has 6 heteroatoms. The van der Waals surface area contributed by atoms with Gasteiger partial charge in [0.15, 0.2) is 0 Å². The zero-order valence-electron chi connectivity index (χ0n) is 9.25. The Morgan fingerprint density at radius 1 is 1.05 bits per heavy atom. The number of aromatic carboxylic acids is 1. The maximum Gasteiger partial charge on any atom is 0.336 e. The van der Waals surface area contributed by atoms with Gasteiger partial charge >= 0.3 is 5.97 Å². The van der Waals surface area contributed by atoms with Crippen LogP contribution in [0, 0.1) is 11.6 Å².